The van der Waals surface area contributed by atoms with Crippen molar-refractivity contribution < 1.29 is 18.8 Å². The molecule has 0 unspecified atom stereocenters. The summed E-state index contributed by atoms with van der Waals surface area (Å²) in [5.41, 5.74) is 0.785. The van der Waals surface area contributed by atoms with Crippen molar-refractivity contribution in [2.75, 3.05) is 0 Å². The molecule has 0 bridgehead atoms. The number of carbonyl (C=O) groups is 3. The Bertz CT molecular complexity index is 956. The van der Waals surface area contributed by atoms with Crippen molar-refractivity contribution in [3.63, 3.8) is 0 Å². The summed E-state index contributed by atoms with van der Waals surface area (Å²) in [5, 5.41) is 2.26. The second kappa shape index (κ2) is 7.15. The van der Waals surface area contributed by atoms with Crippen LogP contribution < -0.4 is 5.32 Å². The molecule has 1 aliphatic carbocycles. The Morgan fingerprint density at radius 2 is 1.89 bits per heavy atom. The summed E-state index contributed by atoms with van der Waals surface area (Å²) >= 11 is 3.42. The predicted molar refractivity (Wildman–Crippen MR) is 102 cm³/mol. The van der Waals surface area contributed by atoms with E-state index in [0.29, 0.717) is 11.5 Å². The molecule has 1 aliphatic heterocycles. The van der Waals surface area contributed by atoms with Crippen molar-refractivity contribution in [1.29, 1.82) is 0 Å². The van der Waals surface area contributed by atoms with Gasteiger partial charge >= 0.3 is 6.03 Å². The molecule has 2 heterocycles. The topological polar surface area (TPSA) is 79.6 Å². The van der Waals surface area contributed by atoms with Crippen LogP contribution in [0.3, 0.4) is 0 Å². The first kappa shape index (κ1) is 17.7. The van der Waals surface area contributed by atoms with Gasteiger partial charge in [-0.05, 0) is 43.2 Å². The second-order valence-corrected chi connectivity index (χ2v) is 7.56. The summed E-state index contributed by atoms with van der Waals surface area (Å²) in [5.74, 6) is -0.254. The molecule has 4 rings (SSSR count). The highest BCUT2D eigenvalue weighted by Crippen LogP contribution is 2.29. The minimum Gasteiger partial charge on any atom is -0.457 e. The van der Waals surface area contributed by atoms with E-state index in [0.717, 1.165) is 35.7 Å². The quantitative estimate of drug-likeness (QED) is 0.588. The smallest absolute Gasteiger partial charge is 0.331 e. The first-order chi connectivity index (χ1) is 13.0. The van der Waals surface area contributed by atoms with Gasteiger partial charge < -0.3 is 4.42 Å². The van der Waals surface area contributed by atoms with Gasteiger partial charge in [0.15, 0.2) is 0 Å². The summed E-state index contributed by atoms with van der Waals surface area (Å²) in [6, 6.07) is 10.3. The molecule has 1 aromatic carbocycles. The van der Waals surface area contributed by atoms with Gasteiger partial charge in [-0.1, -0.05) is 40.9 Å². The maximum atomic E-state index is 12.8. The van der Waals surface area contributed by atoms with Crippen LogP contribution in [0.15, 0.2) is 50.9 Å². The monoisotopic (exact) mass is 428 g/mol. The zero-order chi connectivity index (χ0) is 19.0. The van der Waals surface area contributed by atoms with Crippen molar-refractivity contribution in [3.05, 3.63) is 52.2 Å². The summed E-state index contributed by atoms with van der Waals surface area (Å²) < 4.78 is 6.70. The lowest BCUT2D eigenvalue weighted by molar-refractivity contribution is -0.131. The Labute approximate surface area is 164 Å². The van der Waals surface area contributed by atoms with E-state index in [9.17, 15) is 14.4 Å². The van der Waals surface area contributed by atoms with E-state index in [4.69, 9.17) is 4.42 Å². The van der Waals surface area contributed by atoms with Gasteiger partial charge in [0, 0.05) is 16.1 Å². The van der Waals surface area contributed by atoms with E-state index in [1.807, 2.05) is 24.3 Å². The summed E-state index contributed by atoms with van der Waals surface area (Å²) in [6.07, 6.45) is 4.89. The maximum absolute atomic E-state index is 12.8. The SMILES string of the molecule is O=C1NC(=O)N(C2CCCC2)C(=O)/C1=C/c1ccc(-c2cccc(Br)c2)o1. The van der Waals surface area contributed by atoms with Crippen LogP contribution in [0.1, 0.15) is 31.4 Å². The Hall–Kier alpha value is -2.67. The average molecular weight is 429 g/mol. The van der Waals surface area contributed by atoms with Gasteiger partial charge in [-0.2, -0.15) is 0 Å². The normalized spacial score (nSPS) is 19.8. The Kier molecular flexibility index (Phi) is 4.70. The maximum Gasteiger partial charge on any atom is 0.331 e. The molecule has 27 heavy (non-hydrogen) atoms. The average Bonchev–Trinajstić information content (AvgIpc) is 3.30. The molecule has 7 heteroatoms. The van der Waals surface area contributed by atoms with Crippen molar-refractivity contribution >= 4 is 39.9 Å². The van der Waals surface area contributed by atoms with Crippen LogP contribution in [0.25, 0.3) is 17.4 Å². The number of amides is 4. The molecule has 2 aromatic rings. The number of furan rings is 1. The molecular weight excluding hydrogens is 412 g/mol. The van der Waals surface area contributed by atoms with E-state index >= 15 is 0 Å². The number of halogens is 1. The molecule has 0 spiro atoms. The van der Waals surface area contributed by atoms with Gasteiger partial charge in [-0.15, -0.1) is 0 Å². The van der Waals surface area contributed by atoms with Crippen LogP contribution in [0, 0.1) is 0 Å². The van der Waals surface area contributed by atoms with Gasteiger partial charge in [0.2, 0.25) is 0 Å². The number of hydrogen-bond acceptors (Lipinski definition) is 4. The summed E-state index contributed by atoms with van der Waals surface area (Å²) in [6.45, 7) is 0. The molecular formula is C20H17BrN2O4. The van der Waals surface area contributed by atoms with E-state index in [1.54, 1.807) is 12.1 Å². The minimum atomic E-state index is -0.695. The number of urea groups is 1. The Morgan fingerprint density at radius 1 is 1.11 bits per heavy atom. The van der Waals surface area contributed by atoms with E-state index in [-0.39, 0.29) is 11.6 Å². The predicted octanol–water partition coefficient (Wildman–Crippen LogP) is 4.11. The van der Waals surface area contributed by atoms with Crippen LogP contribution in [0.4, 0.5) is 4.79 Å². The second-order valence-electron chi connectivity index (χ2n) is 6.64. The molecule has 0 radical (unpaired) electrons. The van der Waals surface area contributed by atoms with Crippen LogP contribution in [0.5, 0.6) is 0 Å². The molecule has 2 aliphatic rings. The number of carbonyl (C=O) groups excluding carboxylic acids is 3. The highest BCUT2D eigenvalue weighted by molar-refractivity contribution is 9.10. The largest absolute Gasteiger partial charge is 0.457 e. The fourth-order valence-electron chi connectivity index (χ4n) is 3.53. The van der Waals surface area contributed by atoms with Gasteiger partial charge in [0.1, 0.15) is 17.1 Å². The van der Waals surface area contributed by atoms with Crippen LogP contribution in [-0.4, -0.2) is 28.8 Å². The number of rotatable bonds is 3. The Morgan fingerprint density at radius 3 is 2.63 bits per heavy atom. The molecule has 1 saturated carbocycles. The van der Waals surface area contributed by atoms with Crippen LogP contribution in [0.2, 0.25) is 0 Å². The molecule has 0 atom stereocenters. The van der Waals surface area contributed by atoms with Gasteiger partial charge in [0.25, 0.3) is 11.8 Å². The first-order valence-electron chi connectivity index (χ1n) is 8.79. The molecule has 138 valence electrons. The lowest BCUT2D eigenvalue weighted by Gasteiger charge is -2.30. The zero-order valence-electron chi connectivity index (χ0n) is 14.4. The van der Waals surface area contributed by atoms with Gasteiger partial charge in [-0.25, -0.2) is 4.79 Å². The third-order valence-corrected chi connectivity index (χ3v) is 5.34. The molecule has 4 amide bonds. The van der Waals surface area contributed by atoms with Crippen molar-refractivity contribution in [1.82, 2.24) is 10.2 Å². The molecule has 6 nitrogen and oxygen atoms in total. The van der Waals surface area contributed by atoms with Crippen molar-refractivity contribution in [2.45, 2.75) is 31.7 Å². The molecule has 1 N–H and O–H groups in total. The Balaban J connectivity index is 1.63. The first-order valence-corrected chi connectivity index (χ1v) is 9.58. The third-order valence-electron chi connectivity index (χ3n) is 4.85. The third kappa shape index (κ3) is 3.47. The fourth-order valence-corrected chi connectivity index (χ4v) is 3.93. The minimum absolute atomic E-state index is 0.0864. The lowest BCUT2D eigenvalue weighted by Crippen LogP contribution is -2.57. The number of imide groups is 2. The van der Waals surface area contributed by atoms with Gasteiger partial charge in [-0.3, -0.25) is 19.8 Å². The summed E-state index contributed by atoms with van der Waals surface area (Å²) in [4.78, 5) is 38.3. The molecule has 1 saturated heterocycles. The molecule has 2 fully saturated rings. The lowest BCUT2D eigenvalue weighted by atomic mass is 10.1. The van der Waals surface area contributed by atoms with E-state index < -0.39 is 17.8 Å². The summed E-state index contributed by atoms with van der Waals surface area (Å²) in [7, 11) is 0. The van der Waals surface area contributed by atoms with Crippen molar-refractivity contribution in [2.24, 2.45) is 0 Å². The van der Waals surface area contributed by atoms with Crippen molar-refractivity contribution in [3.8, 4) is 11.3 Å². The highest BCUT2D eigenvalue weighted by atomic mass is 79.9. The van der Waals surface area contributed by atoms with E-state index in [2.05, 4.69) is 21.2 Å². The van der Waals surface area contributed by atoms with Crippen LogP contribution >= 0.6 is 15.9 Å². The zero-order valence-corrected chi connectivity index (χ0v) is 16.0. The standard InChI is InChI=1S/C20H17BrN2O4/c21-13-5-3-4-12(10-13)17-9-8-15(27-17)11-16-18(24)22-20(26)23(19(16)25)14-6-1-2-7-14/h3-5,8-11,14H,1-2,6-7H2,(H,22,24,26)/b16-11+. The number of nitrogens with one attached hydrogen (secondary N) is 1. The van der Waals surface area contributed by atoms with E-state index in [1.165, 1.54) is 11.0 Å². The number of nitrogens with zero attached hydrogens (tertiary/aromatic N) is 1. The number of hydrogen-bond donors (Lipinski definition) is 1. The number of benzene rings is 1. The fraction of sp³-hybridized carbons (Fsp3) is 0.250. The number of barbiturate groups is 1. The van der Waals surface area contributed by atoms with Crippen LogP contribution in [-0.2, 0) is 9.59 Å². The highest BCUT2D eigenvalue weighted by Gasteiger charge is 2.40. The van der Waals surface area contributed by atoms with Gasteiger partial charge in [0.05, 0.1) is 0 Å². The molecule has 1 aromatic heterocycles.